The van der Waals surface area contributed by atoms with E-state index in [1.807, 2.05) is 48.5 Å². The van der Waals surface area contributed by atoms with Crippen molar-refractivity contribution in [3.05, 3.63) is 60.2 Å². The highest BCUT2D eigenvalue weighted by molar-refractivity contribution is 5.95. The van der Waals surface area contributed by atoms with Crippen molar-refractivity contribution in [2.45, 2.75) is 12.8 Å². The Kier molecular flexibility index (Phi) is 2.96. The molecule has 5 heteroatoms. The van der Waals surface area contributed by atoms with Crippen molar-refractivity contribution in [3.8, 4) is 0 Å². The summed E-state index contributed by atoms with van der Waals surface area (Å²) >= 11 is 0. The van der Waals surface area contributed by atoms with E-state index in [2.05, 4.69) is 19.9 Å². The van der Waals surface area contributed by atoms with Crippen molar-refractivity contribution in [2.24, 2.45) is 0 Å². The first-order chi connectivity index (χ1) is 10.8. The topological polar surface area (TPSA) is 74.4 Å². The number of fused-ring (bicyclic) bond motifs is 2. The molecule has 0 unspecified atom stereocenters. The summed E-state index contributed by atoms with van der Waals surface area (Å²) in [7, 11) is 0. The Morgan fingerprint density at radius 1 is 0.864 bits per heavy atom. The zero-order valence-electron chi connectivity index (χ0n) is 11.8. The van der Waals surface area contributed by atoms with Gasteiger partial charge in [-0.3, -0.25) is 4.79 Å². The van der Waals surface area contributed by atoms with Crippen LogP contribution in [0.2, 0.25) is 0 Å². The highest BCUT2D eigenvalue weighted by Gasteiger charge is 2.12. The number of hydrogen-bond acceptors (Lipinski definition) is 3. The van der Waals surface area contributed by atoms with Gasteiger partial charge in [-0.1, -0.05) is 24.3 Å². The molecule has 4 aromatic rings. The van der Waals surface area contributed by atoms with Gasteiger partial charge in [0.05, 0.1) is 22.1 Å². The van der Waals surface area contributed by atoms with E-state index in [-0.39, 0.29) is 5.78 Å². The smallest absolute Gasteiger partial charge is 0.198 e. The van der Waals surface area contributed by atoms with E-state index in [0.717, 1.165) is 27.9 Å². The van der Waals surface area contributed by atoms with Gasteiger partial charge in [-0.05, 0) is 24.3 Å². The van der Waals surface area contributed by atoms with Crippen LogP contribution in [-0.4, -0.2) is 25.7 Å². The number of Topliss-reactive ketones (excluding diaryl/α,β-unsaturated/α-hetero) is 1. The molecule has 0 spiro atoms. The molecule has 2 N–H and O–H groups in total. The minimum Gasteiger partial charge on any atom is -0.342 e. The Balaban J connectivity index is 1.51. The van der Waals surface area contributed by atoms with Crippen LogP contribution in [0.5, 0.6) is 0 Å². The van der Waals surface area contributed by atoms with Gasteiger partial charge < -0.3 is 9.97 Å². The van der Waals surface area contributed by atoms with Gasteiger partial charge in [-0.15, -0.1) is 0 Å². The van der Waals surface area contributed by atoms with E-state index < -0.39 is 0 Å². The van der Waals surface area contributed by atoms with E-state index in [1.165, 1.54) is 0 Å². The fourth-order valence-corrected chi connectivity index (χ4v) is 2.56. The molecular weight excluding hydrogens is 276 g/mol. The first-order valence-electron chi connectivity index (χ1n) is 7.21. The van der Waals surface area contributed by atoms with Gasteiger partial charge in [-0.25, -0.2) is 9.97 Å². The molecule has 0 saturated carbocycles. The SMILES string of the molecule is O=C(CCc1nc2ccccc2[nH]1)c1nc2ccccc2[nH]1. The number of aromatic nitrogens is 4. The Hall–Kier alpha value is -2.95. The lowest BCUT2D eigenvalue weighted by Gasteiger charge is -1.95. The molecule has 108 valence electrons. The van der Waals surface area contributed by atoms with E-state index in [0.29, 0.717) is 18.7 Å². The molecule has 0 aliphatic carbocycles. The maximum Gasteiger partial charge on any atom is 0.198 e. The van der Waals surface area contributed by atoms with Crippen molar-refractivity contribution in [3.63, 3.8) is 0 Å². The first kappa shape index (κ1) is 12.8. The average molecular weight is 290 g/mol. The number of H-pyrrole nitrogens is 2. The van der Waals surface area contributed by atoms with Crippen LogP contribution < -0.4 is 0 Å². The number of aryl methyl sites for hydroxylation is 1. The van der Waals surface area contributed by atoms with Crippen LogP contribution in [0.25, 0.3) is 22.1 Å². The molecule has 0 atom stereocenters. The molecule has 2 heterocycles. The minimum absolute atomic E-state index is 0.00310. The molecule has 0 aliphatic rings. The van der Waals surface area contributed by atoms with E-state index in [1.54, 1.807) is 0 Å². The largest absolute Gasteiger partial charge is 0.342 e. The minimum atomic E-state index is -0.00310. The summed E-state index contributed by atoms with van der Waals surface area (Å²) in [6.45, 7) is 0. The summed E-state index contributed by atoms with van der Waals surface area (Å²) in [5.41, 5.74) is 3.62. The molecule has 0 fully saturated rings. The second-order valence-electron chi connectivity index (χ2n) is 5.23. The third kappa shape index (κ3) is 2.26. The second-order valence-corrected chi connectivity index (χ2v) is 5.23. The molecule has 2 aromatic carbocycles. The summed E-state index contributed by atoms with van der Waals surface area (Å²) in [6.07, 6.45) is 0.949. The Morgan fingerprint density at radius 2 is 1.50 bits per heavy atom. The normalized spacial score (nSPS) is 11.3. The lowest BCUT2D eigenvalue weighted by Crippen LogP contribution is -2.04. The predicted molar refractivity (Wildman–Crippen MR) is 84.8 cm³/mol. The number of aromatic amines is 2. The lowest BCUT2D eigenvalue weighted by molar-refractivity contribution is 0.0973. The predicted octanol–water partition coefficient (Wildman–Crippen LogP) is 3.25. The average Bonchev–Trinajstić information content (AvgIpc) is 3.15. The third-order valence-corrected chi connectivity index (χ3v) is 3.68. The Morgan fingerprint density at radius 3 is 2.18 bits per heavy atom. The summed E-state index contributed by atoms with van der Waals surface area (Å²) < 4.78 is 0. The number of imidazole rings is 2. The van der Waals surface area contributed by atoms with Crippen LogP contribution in [0.3, 0.4) is 0 Å². The maximum absolute atomic E-state index is 12.3. The second kappa shape index (κ2) is 5.11. The quantitative estimate of drug-likeness (QED) is 0.566. The van der Waals surface area contributed by atoms with Crippen LogP contribution in [0.1, 0.15) is 22.9 Å². The fourth-order valence-electron chi connectivity index (χ4n) is 2.56. The fraction of sp³-hybridized carbons (Fsp3) is 0.118. The van der Waals surface area contributed by atoms with Gasteiger partial charge in [0.2, 0.25) is 0 Å². The van der Waals surface area contributed by atoms with Crippen LogP contribution in [-0.2, 0) is 6.42 Å². The number of ketones is 1. The van der Waals surface area contributed by atoms with Crippen molar-refractivity contribution in [2.75, 3.05) is 0 Å². The van der Waals surface area contributed by atoms with Crippen LogP contribution in [0.4, 0.5) is 0 Å². The first-order valence-corrected chi connectivity index (χ1v) is 7.21. The molecule has 5 nitrogen and oxygen atoms in total. The lowest BCUT2D eigenvalue weighted by atomic mass is 10.2. The third-order valence-electron chi connectivity index (χ3n) is 3.68. The molecule has 0 aliphatic heterocycles. The van der Waals surface area contributed by atoms with Gasteiger partial charge >= 0.3 is 0 Å². The highest BCUT2D eigenvalue weighted by Crippen LogP contribution is 2.14. The van der Waals surface area contributed by atoms with Crippen LogP contribution >= 0.6 is 0 Å². The molecule has 4 rings (SSSR count). The van der Waals surface area contributed by atoms with Gasteiger partial charge in [0.15, 0.2) is 11.6 Å². The standard InChI is InChI=1S/C17H14N4O/c22-15(17-20-13-7-3-4-8-14(13)21-17)9-10-16-18-11-5-1-2-6-12(11)19-16/h1-8H,9-10H2,(H,18,19)(H,20,21). The van der Waals surface area contributed by atoms with E-state index >= 15 is 0 Å². The Labute approximate surface area is 126 Å². The van der Waals surface area contributed by atoms with E-state index in [9.17, 15) is 4.79 Å². The molecule has 0 radical (unpaired) electrons. The molecule has 22 heavy (non-hydrogen) atoms. The number of para-hydroxylation sites is 4. The summed E-state index contributed by atoms with van der Waals surface area (Å²) in [5, 5.41) is 0. The van der Waals surface area contributed by atoms with Gasteiger partial charge in [-0.2, -0.15) is 0 Å². The zero-order valence-corrected chi connectivity index (χ0v) is 11.8. The molecular formula is C17H14N4O. The van der Waals surface area contributed by atoms with Crippen molar-refractivity contribution < 1.29 is 4.79 Å². The number of carbonyl (C=O) groups excluding carboxylic acids is 1. The zero-order chi connectivity index (χ0) is 14.9. The number of nitrogens with zero attached hydrogens (tertiary/aromatic N) is 2. The molecule has 0 amide bonds. The maximum atomic E-state index is 12.3. The molecule has 0 saturated heterocycles. The number of hydrogen-bond donors (Lipinski definition) is 2. The van der Waals surface area contributed by atoms with E-state index in [4.69, 9.17) is 0 Å². The molecule has 0 bridgehead atoms. The van der Waals surface area contributed by atoms with Gasteiger partial charge in [0.1, 0.15) is 5.82 Å². The molecule has 2 aromatic heterocycles. The number of nitrogens with one attached hydrogen (secondary N) is 2. The highest BCUT2D eigenvalue weighted by atomic mass is 16.1. The van der Waals surface area contributed by atoms with Gasteiger partial charge in [0, 0.05) is 12.8 Å². The van der Waals surface area contributed by atoms with Gasteiger partial charge in [0.25, 0.3) is 0 Å². The summed E-state index contributed by atoms with van der Waals surface area (Å²) in [4.78, 5) is 27.4. The number of rotatable bonds is 4. The van der Waals surface area contributed by atoms with Crippen molar-refractivity contribution in [1.29, 1.82) is 0 Å². The van der Waals surface area contributed by atoms with Crippen LogP contribution in [0, 0.1) is 0 Å². The van der Waals surface area contributed by atoms with Crippen molar-refractivity contribution >= 4 is 27.9 Å². The summed E-state index contributed by atoms with van der Waals surface area (Å²) in [5.74, 6) is 1.24. The van der Waals surface area contributed by atoms with Crippen molar-refractivity contribution in [1.82, 2.24) is 19.9 Å². The number of carbonyl (C=O) groups is 1. The Bertz CT molecular complexity index is 901. The van der Waals surface area contributed by atoms with Crippen LogP contribution in [0.15, 0.2) is 48.5 Å². The summed E-state index contributed by atoms with van der Waals surface area (Å²) in [6, 6.07) is 15.5. The monoisotopic (exact) mass is 290 g/mol. The number of benzene rings is 2.